The Morgan fingerprint density at radius 1 is 1.72 bits per heavy atom. The predicted octanol–water partition coefficient (Wildman–Crippen LogP) is 0.975. The third-order valence-electron chi connectivity index (χ3n) is 2.78. The molecule has 7 heteroatoms. The molecule has 0 radical (unpaired) electrons. The number of aromatic nitrogens is 1. The molecule has 1 amide bonds. The van der Waals surface area contributed by atoms with Gasteiger partial charge in [0.25, 0.3) is 5.91 Å². The minimum atomic E-state index is -0.255. The van der Waals surface area contributed by atoms with Gasteiger partial charge in [-0.15, -0.1) is 23.7 Å². The summed E-state index contributed by atoms with van der Waals surface area (Å²) in [5.74, 6) is -0.127. The number of amides is 1. The van der Waals surface area contributed by atoms with E-state index in [9.17, 15) is 4.79 Å². The van der Waals surface area contributed by atoms with Gasteiger partial charge in [-0.25, -0.2) is 4.98 Å². The van der Waals surface area contributed by atoms with Gasteiger partial charge < -0.3 is 15.8 Å². The molecule has 0 aliphatic carbocycles. The van der Waals surface area contributed by atoms with E-state index in [1.807, 2.05) is 6.92 Å². The molecule has 0 bridgehead atoms. The number of thiazole rings is 1. The van der Waals surface area contributed by atoms with Crippen LogP contribution in [0.2, 0.25) is 0 Å². The SMILES string of the molecule is CC1(NC(=O)c2csc(CCN)n2)CCOC1.Cl. The summed E-state index contributed by atoms with van der Waals surface area (Å²) in [6.07, 6.45) is 1.57. The van der Waals surface area contributed by atoms with Gasteiger partial charge in [0.1, 0.15) is 5.69 Å². The molecule has 0 aromatic carbocycles. The van der Waals surface area contributed by atoms with E-state index in [0.717, 1.165) is 17.8 Å². The Balaban J connectivity index is 0.00000162. The second-order valence-corrected chi connectivity index (χ2v) is 5.43. The lowest BCUT2D eigenvalue weighted by molar-refractivity contribution is 0.0885. The molecule has 0 spiro atoms. The van der Waals surface area contributed by atoms with Crippen molar-refractivity contribution < 1.29 is 9.53 Å². The molecule has 1 aromatic heterocycles. The summed E-state index contributed by atoms with van der Waals surface area (Å²) in [6.45, 7) is 3.82. The second kappa shape index (κ2) is 6.47. The van der Waals surface area contributed by atoms with E-state index >= 15 is 0 Å². The van der Waals surface area contributed by atoms with Crippen molar-refractivity contribution in [1.82, 2.24) is 10.3 Å². The maximum Gasteiger partial charge on any atom is 0.271 e. The van der Waals surface area contributed by atoms with Crippen LogP contribution >= 0.6 is 23.7 Å². The quantitative estimate of drug-likeness (QED) is 0.867. The average Bonchev–Trinajstić information content (AvgIpc) is 2.88. The highest BCUT2D eigenvalue weighted by Gasteiger charge is 2.32. The summed E-state index contributed by atoms with van der Waals surface area (Å²) in [5.41, 5.74) is 5.67. The highest BCUT2D eigenvalue weighted by atomic mass is 35.5. The summed E-state index contributed by atoms with van der Waals surface area (Å²) in [4.78, 5) is 16.2. The molecule has 18 heavy (non-hydrogen) atoms. The van der Waals surface area contributed by atoms with E-state index in [4.69, 9.17) is 10.5 Å². The fourth-order valence-corrected chi connectivity index (χ4v) is 2.55. The van der Waals surface area contributed by atoms with E-state index in [0.29, 0.717) is 25.5 Å². The van der Waals surface area contributed by atoms with Gasteiger partial charge in [-0.05, 0) is 19.9 Å². The Hall–Kier alpha value is -0.690. The number of nitrogens with zero attached hydrogens (tertiary/aromatic N) is 1. The molecule has 1 unspecified atom stereocenters. The lowest BCUT2D eigenvalue weighted by Crippen LogP contribution is -2.46. The number of carbonyl (C=O) groups is 1. The van der Waals surface area contributed by atoms with Crippen molar-refractivity contribution in [2.24, 2.45) is 5.73 Å². The zero-order valence-corrected chi connectivity index (χ0v) is 11.9. The summed E-state index contributed by atoms with van der Waals surface area (Å²) < 4.78 is 5.29. The number of hydrogen-bond acceptors (Lipinski definition) is 5. The first-order valence-electron chi connectivity index (χ1n) is 5.68. The van der Waals surface area contributed by atoms with E-state index in [1.165, 1.54) is 11.3 Å². The highest BCUT2D eigenvalue weighted by Crippen LogP contribution is 2.18. The number of halogens is 1. The van der Waals surface area contributed by atoms with Crippen LogP contribution < -0.4 is 11.1 Å². The van der Waals surface area contributed by atoms with Crippen LogP contribution in [0.1, 0.15) is 28.8 Å². The first kappa shape index (κ1) is 15.4. The molecule has 102 valence electrons. The molecule has 1 aromatic rings. The molecule has 1 saturated heterocycles. The number of nitrogens with two attached hydrogens (primary N) is 1. The molecule has 2 rings (SSSR count). The van der Waals surface area contributed by atoms with Crippen LogP contribution in [0.15, 0.2) is 5.38 Å². The van der Waals surface area contributed by atoms with Gasteiger partial charge in [-0.3, -0.25) is 4.79 Å². The van der Waals surface area contributed by atoms with Crippen molar-refractivity contribution in [3.63, 3.8) is 0 Å². The first-order chi connectivity index (χ1) is 8.13. The highest BCUT2D eigenvalue weighted by molar-refractivity contribution is 7.09. The van der Waals surface area contributed by atoms with Crippen LogP contribution in [0.4, 0.5) is 0 Å². The third kappa shape index (κ3) is 3.65. The average molecular weight is 292 g/mol. The van der Waals surface area contributed by atoms with E-state index < -0.39 is 0 Å². The Labute approximate surface area is 117 Å². The summed E-state index contributed by atoms with van der Waals surface area (Å²) in [6, 6.07) is 0. The van der Waals surface area contributed by atoms with Crippen molar-refractivity contribution in [2.75, 3.05) is 19.8 Å². The van der Waals surface area contributed by atoms with Crippen LogP contribution in [-0.2, 0) is 11.2 Å². The van der Waals surface area contributed by atoms with Crippen molar-refractivity contribution in [3.05, 3.63) is 16.1 Å². The summed E-state index contributed by atoms with van der Waals surface area (Å²) in [7, 11) is 0. The number of carbonyl (C=O) groups excluding carboxylic acids is 1. The largest absolute Gasteiger partial charge is 0.379 e. The third-order valence-corrected chi connectivity index (χ3v) is 3.69. The van der Waals surface area contributed by atoms with Crippen LogP contribution in [-0.4, -0.2) is 36.2 Å². The van der Waals surface area contributed by atoms with Crippen LogP contribution in [0.5, 0.6) is 0 Å². The molecule has 1 atom stereocenters. The zero-order chi connectivity index (χ0) is 12.3. The van der Waals surface area contributed by atoms with Crippen molar-refractivity contribution in [1.29, 1.82) is 0 Å². The first-order valence-corrected chi connectivity index (χ1v) is 6.56. The van der Waals surface area contributed by atoms with Crippen molar-refractivity contribution >= 4 is 29.7 Å². The van der Waals surface area contributed by atoms with Crippen LogP contribution in [0.25, 0.3) is 0 Å². The molecule has 1 fully saturated rings. The van der Waals surface area contributed by atoms with E-state index in [2.05, 4.69) is 10.3 Å². The maximum atomic E-state index is 12.0. The number of rotatable bonds is 4. The normalized spacial score (nSPS) is 22.6. The molecule has 0 saturated carbocycles. The Morgan fingerprint density at radius 2 is 2.50 bits per heavy atom. The van der Waals surface area contributed by atoms with Gasteiger partial charge in [-0.1, -0.05) is 0 Å². The van der Waals surface area contributed by atoms with Gasteiger partial charge in [0.05, 0.1) is 17.2 Å². The minimum Gasteiger partial charge on any atom is -0.379 e. The predicted molar refractivity (Wildman–Crippen MR) is 73.4 cm³/mol. The van der Waals surface area contributed by atoms with Crippen molar-refractivity contribution in [2.45, 2.75) is 25.3 Å². The van der Waals surface area contributed by atoms with Gasteiger partial charge in [-0.2, -0.15) is 0 Å². The second-order valence-electron chi connectivity index (χ2n) is 4.48. The lowest BCUT2D eigenvalue weighted by Gasteiger charge is -2.22. The molecule has 1 aliphatic heterocycles. The fraction of sp³-hybridized carbons (Fsp3) is 0.636. The zero-order valence-electron chi connectivity index (χ0n) is 10.3. The molecule has 1 aliphatic rings. The van der Waals surface area contributed by atoms with Gasteiger partial charge in [0, 0.05) is 18.4 Å². The Morgan fingerprint density at radius 3 is 3.11 bits per heavy atom. The number of ether oxygens (including phenoxy) is 1. The van der Waals surface area contributed by atoms with Crippen molar-refractivity contribution in [3.8, 4) is 0 Å². The summed E-state index contributed by atoms with van der Waals surface area (Å²) in [5, 5.41) is 5.66. The lowest BCUT2D eigenvalue weighted by atomic mass is 10.0. The smallest absolute Gasteiger partial charge is 0.271 e. The summed E-state index contributed by atoms with van der Waals surface area (Å²) >= 11 is 1.48. The minimum absolute atomic E-state index is 0. The Kier molecular flexibility index (Phi) is 5.52. The van der Waals surface area contributed by atoms with Gasteiger partial charge >= 0.3 is 0 Å². The molecule has 2 heterocycles. The topological polar surface area (TPSA) is 77.2 Å². The van der Waals surface area contributed by atoms with Gasteiger partial charge in [0.15, 0.2) is 0 Å². The molecular weight excluding hydrogens is 274 g/mol. The Bertz CT molecular complexity index is 405. The monoisotopic (exact) mass is 291 g/mol. The standard InChI is InChI=1S/C11H17N3O2S.ClH/c1-11(3-5-16-7-11)14-10(15)8-6-17-9(13-8)2-4-12;/h6H,2-5,7,12H2,1H3,(H,14,15);1H. The molecule has 5 nitrogen and oxygen atoms in total. The maximum absolute atomic E-state index is 12.0. The molecular formula is C11H18ClN3O2S. The van der Waals surface area contributed by atoms with Crippen LogP contribution in [0, 0.1) is 0 Å². The number of hydrogen-bond donors (Lipinski definition) is 2. The molecule has 3 N–H and O–H groups in total. The van der Waals surface area contributed by atoms with Crippen LogP contribution in [0.3, 0.4) is 0 Å². The van der Waals surface area contributed by atoms with E-state index in [-0.39, 0.29) is 23.9 Å². The fourth-order valence-electron chi connectivity index (χ4n) is 1.76. The van der Waals surface area contributed by atoms with E-state index in [1.54, 1.807) is 5.38 Å². The number of nitrogens with one attached hydrogen (secondary N) is 1. The van der Waals surface area contributed by atoms with Gasteiger partial charge in [0.2, 0.25) is 0 Å².